The first-order valence-corrected chi connectivity index (χ1v) is 8.11. The molecule has 0 saturated carbocycles. The van der Waals surface area contributed by atoms with Crippen molar-refractivity contribution >= 4 is 23.5 Å². The molecule has 0 radical (unpaired) electrons. The number of halogens is 1. The van der Waals surface area contributed by atoms with Crippen molar-refractivity contribution in [2.24, 2.45) is 5.92 Å². The standard InChI is InChI=1S/C17H19ClN4O/c18-15-10-20-17(21-11-15)19-9-14-8-16(23)22(12-14)7-6-13-4-2-1-3-5-13/h1-5,10-11,14H,6-9,12H2,(H,19,20,21)/t14-/m1/s1. The minimum Gasteiger partial charge on any atom is -0.354 e. The molecule has 3 rings (SSSR count). The number of likely N-dealkylation sites (tertiary alicyclic amines) is 1. The lowest BCUT2D eigenvalue weighted by Crippen LogP contribution is -2.28. The van der Waals surface area contributed by atoms with Crippen LogP contribution in [0.25, 0.3) is 0 Å². The Labute approximate surface area is 140 Å². The van der Waals surface area contributed by atoms with Gasteiger partial charge in [0.15, 0.2) is 0 Å². The fraction of sp³-hybridized carbons (Fsp3) is 0.353. The summed E-state index contributed by atoms with van der Waals surface area (Å²) in [6.07, 6.45) is 4.59. The third-order valence-electron chi connectivity index (χ3n) is 3.98. The molecule has 1 aliphatic heterocycles. The molecule has 1 N–H and O–H groups in total. The number of carbonyl (C=O) groups excluding carboxylic acids is 1. The van der Waals surface area contributed by atoms with Gasteiger partial charge in [-0.3, -0.25) is 4.79 Å². The minimum absolute atomic E-state index is 0.227. The number of aromatic nitrogens is 2. The molecule has 0 aliphatic carbocycles. The molecular weight excluding hydrogens is 312 g/mol. The predicted molar refractivity (Wildman–Crippen MR) is 90.4 cm³/mol. The van der Waals surface area contributed by atoms with Gasteiger partial charge in [-0.2, -0.15) is 0 Å². The molecule has 5 nitrogen and oxygen atoms in total. The van der Waals surface area contributed by atoms with Crippen molar-refractivity contribution in [1.82, 2.24) is 14.9 Å². The van der Waals surface area contributed by atoms with Crippen molar-refractivity contribution in [3.63, 3.8) is 0 Å². The van der Waals surface area contributed by atoms with Gasteiger partial charge < -0.3 is 10.2 Å². The number of carbonyl (C=O) groups is 1. The summed E-state index contributed by atoms with van der Waals surface area (Å²) >= 11 is 5.76. The first-order chi connectivity index (χ1) is 11.2. The van der Waals surface area contributed by atoms with Crippen LogP contribution in [-0.4, -0.2) is 40.4 Å². The molecule has 1 fully saturated rings. The van der Waals surface area contributed by atoms with Crippen LogP contribution in [0.3, 0.4) is 0 Å². The molecule has 1 aliphatic rings. The maximum atomic E-state index is 12.1. The number of nitrogens with one attached hydrogen (secondary N) is 1. The molecule has 0 spiro atoms. The Bertz CT molecular complexity index is 647. The van der Waals surface area contributed by atoms with E-state index in [2.05, 4.69) is 27.4 Å². The zero-order valence-electron chi connectivity index (χ0n) is 12.8. The van der Waals surface area contributed by atoms with Crippen LogP contribution in [0.5, 0.6) is 0 Å². The van der Waals surface area contributed by atoms with E-state index in [0.717, 1.165) is 19.5 Å². The summed E-state index contributed by atoms with van der Waals surface area (Å²) in [7, 11) is 0. The molecule has 120 valence electrons. The molecule has 23 heavy (non-hydrogen) atoms. The zero-order chi connectivity index (χ0) is 16.1. The van der Waals surface area contributed by atoms with Crippen molar-refractivity contribution in [1.29, 1.82) is 0 Å². The van der Waals surface area contributed by atoms with Crippen LogP contribution in [-0.2, 0) is 11.2 Å². The van der Waals surface area contributed by atoms with Crippen LogP contribution in [0.4, 0.5) is 5.95 Å². The Morgan fingerprint density at radius 3 is 2.70 bits per heavy atom. The summed E-state index contributed by atoms with van der Waals surface area (Å²) < 4.78 is 0. The van der Waals surface area contributed by atoms with E-state index in [1.165, 1.54) is 5.56 Å². The smallest absolute Gasteiger partial charge is 0.223 e. The van der Waals surface area contributed by atoms with Crippen molar-refractivity contribution in [2.75, 3.05) is 25.0 Å². The fourth-order valence-electron chi connectivity index (χ4n) is 2.75. The Kier molecular flexibility index (Phi) is 5.08. The Balaban J connectivity index is 1.46. The molecule has 1 amide bonds. The van der Waals surface area contributed by atoms with E-state index < -0.39 is 0 Å². The fourth-order valence-corrected chi connectivity index (χ4v) is 2.85. The number of anilines is 1. The van der Waals surface area contributed by atoms with Gasteiger partial charge in [-0.05, 0) is 12.0 Å². The Morgan fingerprint density at radius 1 is 1.22 bits per heavy atom. The lowest BCUT2D eigenvalue weighted by atomic mass is 10.1. The average molecular weight is 331 g/mol. The van der Waals surface area contributed by atoms with E-state index in [9.17, 15) is 4.79 Å². The van der Waals surface area contributed by atoms with Crippen molar-refractivity contribution in [3.05, 3.63) is 53.3 Å². The predicted octanol–water partition coefficient (Wildman–Crippen LogP) is 2.63. The van der Waals surface area contributed by atoms with E-state index in [-0.39, 0.29) is 11.8 Å². The molecule has 6 heteroatoms. The summed E-state index contributed by atoms with van der Waals surface area (Å²) in [4.78, 5) is 22.3. The van der Waals surface area contributed by atoms with E-state index in [1.54, 1.807) is 12.4 Å². The summed E-state index contributed by atoms with van der Waals surface area (Å²) in [5.41, 5.74) is 1.26. The van der Waals surface area contributed by atoms with Crippen LogP contribution in [0, 0.1) is 5.92 Å². The largest absolute Gasteiger partial charge is 0.354 e. The van der Waals surface area contributed by atoms with E-state index in [4.69, 9.17) is 11.6 Å². The minimum atomic E-state index is 0.227. The number of nitrogens with zero attached hydrogens (tertiary/aromatic N) is 3. The van der Waals surface area contributed by atoms with Gasteiger partial charge in [0.2, 0.25) is 11.9 Å². The van der Waals surface area contributed by atoms with Crippen molar-refractivity contribution in [2.45, 2.75) is 12.8 Å². The van der Waals surface area contributed by atoms with Crippen molar-refractivity contribution < 1.29 is 4.79 Å². The zero-order valence-corrected chi connectivity index (χ0v) is 13.5. The second-order valence-electron chi connectivity index (χ2n) is 5.75. The van der Waals surface area contributed by atoms with Gasteiger partial charge in [-0.15, -0.1) is 0 Å². The third kappa shape index (κ3) is 4.42. The second kappa shape index (κ2) is 7.42. The molecule has 1 atom stereocenters. The lowest BCUT2D eigenvalue weighted by Gasteiger charge is -2.17. The van der Waals surface area contributed by atoms with E-state index >= 15 is 0 Å². The maximum absolute atomic E-state index is 12.1. The molecule has 2 aromatic rings. The number of hydrogen-bond donors (Lipinski definition) is 1. The highest BCUT2D eigenvalue weighted by molar-refractivity contribution is 6.30. The first-order valence-electron chi connectivity index (χ1n) is 7.74. The highest BCUT2D eigenvalue weighted by Crippen LogP contribution is 2.18. The monoisotopic (exact) mass is 330 g/mol. The summed E-state index contributed by atoms with van der Waals surface area (Å²) in [6, 6.07) is 10.2. The summed E-state index contributed by atoms with van der Waals surface area (Å²) in [5, 5.41) is 3.68. The molecular formula is C17H19ClN4O. The number of rotatable bonds is 6. The summed E-state index contributed by atoms with van der Waals surface area (Å²) in [6.45, 7) is 2.25. The highest BCUT2D eigenvalue weighted by atomic mass is 35.5. The van der Waals surface area contributed by atoms with Gasteiger partial charge in [0.25, 0.3) is 0 Å². The average Bonchev–Trinajstić information content (AvgIpc) is 2.93. The van der Waals surface area contributed by atoms with Crippen LogP contribution in [0.1, 0.15) is 12.0 Å². The van der Waals surface area contributed by atoms with Gasteiger partial charge in [0, 0.05) is 32.0 Å². The van der Waals surface area contributed by atoms with Crippen molar-refractivity contribution in [3.8, 4) is 0 Å². The molecule has 2 heterocycles. The van der Waals surface area contributed by atoms with Gasteiger partial charge in [0.1, 0.15) is 0 Å². The van der Waals surface area contributed by atoms with Crippen LogP contribution in [0.2, 0.25) is 5.02 Å². The Morgan fingerprint density at radius 2 is 1.96 bits per heavy atom. The molecule has 1 aromatic carbocycles. The Hall–Kier alpha value is -2.14. The third-order valence-corrected chi connectivity index (χ3v) is 4.17. The number of benzene rings is 1. The molecule has 0 unspecified atom stereocenters. The van der Waals surface area contributed by atoms with Gasteiger partial charge in [-0.25, -0.2) is 9.97 Å². The quantitative estimate of drug-likeness (QED) is 0.884. The second-order valence-corrected chi connectivity index (χ2v) is 6.19. The number of amides is 1. The lowest BCUT2D eigenvalue weighted by molar-refractivity contribution is -0.127. The van der Waals surface area contributed by atoms with E-state index in [0.29, 0.717) is 23.9 Å². The summed E-state index contributed by atoms with van der Waals surface area (Å²) in [5.74, 6) is 1.06. The number of hydrogen-bond acceptors (Lipinski definition) is 4. The van der Waals surface area contributed by atoms with Gasteiger partial charge in [-0.1, -0.05) is 41.9 Å². The van der Waals surface area contributed by atoms with Gasteiger partial charge >= 0.3 is 0 Å². The van der Waals surface area contributed by atoms with Crippen LogP contribution < -0.4 is 5.32 Å². The first kappa shape index (κ1) is 15.7. The highest BCUT2D eigenvalue weighted by Gasteiger charge is 2.29. The maximum Gasteiger partial charge on any atom is 0.223 e. The van der Waals surface area contributed by atoms with Crippen LogP contribution in [0.15, 0.2) is 42.7 Å². The van der Waals surface area contributed by atoms with E-state index in [1.807, 2.05) is 23.1 Å². The topological polar surface area (TPSA) is 58.1 Å². The molecule has 1 saturated heterocycles. The van der Waals surface area contributed by atoms with Crippen LogP contribution >= 0.6 is 11.6 Å². The normalized spacial score (nSPS) is 17.5. The van der Waals surface area contributed by atoms with Gasteiger partial charge in [0.05, 0.1) is 17.4 Å². The SMILES string of the molecule is O=C1C[C@H](CNc2ncc(Cl)cn2)CN1CCc1ccccc1. The molecule has 1 aromatic heterocycles. The molecule has 0 bridgehead atoms.